The van der Waals surface area contributed by atoms with Gasteiger partial charge in [-0.05, 0) is 24.4 Å². The van der Waals surface area contributed by atoms with E-state index in [-0.39, 0.29) is 0 Å². The Morgan fingerprint density at radius 1 is 1.38 bits per heavy atom. The molecule has 0 bridgehead atoms. The molecule has 0 atom stereocenters. The average molecular weight is 193 g/mol. The molecule has 0 saturated carbocycles. The third kappa shape index (κ3) is 2.95. The molecule has 1 aromatic rings. The second-order valence-corrected chi connectivity index (χ2v) is 2.62. The number of para-hydroxylation sites is 1. The van der Waals surface area contributed by atoms with Gasteiger partial charge in [-0.15, -0.1) is 5.10 Å². The summed E-state index contributed by atoms with van der Waals surface area (Å²) in [5.74, 6) is 0. The number of hydrogen-bond acceptors (Lipinski definition) is 4. The Bertz CT molecular complexity index is 293. The van der Waals surface area contributed by atoms with Gasteiger partial charge in [0.1, 0.15) is 0 Å². The summed E-state index contributed by atoms with van der Waals surface area (Å²) in [6.07, 6.45) is 0. The van der Waals surface area contributed by atoms with Gasteiger partial charge in [-0.25, -0.2) is 0 Å². The molecule has 0 aliphatic carbocycles. The van der Waals surface area contributed by atoms with E-state index in [1.165, 1.54) is 0 Å². The first-order valence-electron chi connectivity index (χ1n) is 3.99. The lowest BCUT2D eigenvalue weighted by Crippen LogP contribution is -2.23. The molecule has 4 heteroatoms. The van der Waals surface area contributed by atoms with E-state index in [9.17, 15) is 0 Å². The smallest absolute Gasteiger partial charge is 0.0850 e. The molecule has 0 aliphatic rings. The highest BCUT2D eigenvalue weighted by Gasteiger charge is 2.00. The molecule has 0 spiro atoms. The van der Waals surface area contributed by atoms with Gasteiger partial charge in [-0.2, -0.15) is 0 Å². The molecule has 0 fully saturated rings. The van der Waals surface area contributed by atoms with Crippen molar-refractivity contribution < 1.29 is 0 Å². The molecule has 1 rings (SSSR count). The number of thiocarbonyl (C=S) groups is 1. The highest BCUT2D eigenvalue weighted by atomic mass is 32.1. The lowest BCUT2D eigenvalue weighted by molar-refractivity contribution is 0.839. The van der Waals surface area contributed by atoms with Crippen LogP contribution in [0.25, 0.3) is 0 Å². The lowest BCUT2D eigenvalue weighted by atomic mass is 10.3. The maximum absolute atomic E-state index is 5.43. The number of isothiocyanates is 1. The SMILES string of the molecule is NCCN(N=C=S)c1ccccc1. The van der Waals surface area contributed by atoms with Crippen molar-refractivity contribution in [2.24, 2.45) is 10.8 Å². The van der Waals surface area contributed by atoms with E-state index in [4.69, 9.17) is 5.73 Å². The zero-order valence-corrected chi connectivity index (χ0v) is 8.00. The van der Waals surface area contributed by atoms with Crippen LogP contribution < -0.4 is 10.7 Å². The molecule has 0 heterocycles. The van der Waals surface area contributed by atoms with Crippen LogP contribution in [0.2, 0.25) is 0 Å². The highest BCUT2D eigenvalue weighted by Crippen LogP contribution is 2.11. The zero-order chi connectivity index (χ0) is 9.52. The fourth-order valence-electron chi connectivity index (χ4n) is 1.01. The topological polar surface area (TPSA) is 41.6 Å². The molecular formula is C9H11N3S. The van der Waals surface area contributed by atoms with Gasteiger partial charge in [0.15, 0.2) is 0 Å². The summed E-state index contributed by atoms with van der Waals surface area (Å²) in [5.41, 5.74) is 6.41. The Labute approximate surface area is 82.9 Å². The van der Waals surface area contributed by atoms with Gasteiger partial charge in [0.25, 0.3) is 0 Å². The number of hydrazone groups is 1. The largest absolute Gasteiger partial charge is 0.329 e. The number of anilines is 1. The fraction of sp³-hybridized carbons (Fsp3) is 0.222. The molecule has 2 N–H and O–H groups in total. The summed E-state index contributed by atoms with van der Waals surface area (Å²) in [6, 6.07) is 9.73. The number of nitrogens with zero attached hydrogens (tertiary/aromatic N) is 2. The van der Waals surface area contributed by atoms with Gasteiger partial charge < -0.3 is 5.73 Å². The molecule has 0 aliphatic heterocycles. The van der Waals surface area contributed by atoms with Crippen molar-refractivity contribution in [2.45, 2.75) is 0 Å². The van der Waals surface area contributed by atoms with Gasteiger partial charge in [-0.3, -0.25) is 5.01 Å². The summed E-state index contributed by atoms with van der Waals surface area (Å²) < 4.78 is 0. The Morgan fingerprint density at radius 2 is 2.08 bits per heavy atom. The van der Waals surface area contributed by atoms with Crippen molar-refractivity contribution in [1.29, 1.82) is 0 Å². The summed E-state index contributed by atoms with van der Waals surface area (Å²) in [7, 11) is 0. The van der Waals surface area contributed by atoms with Gasteiger partial charge >= 0.3 is 0 Å². The molecule has 68 valence electrons. The third-order valence-corrected chi connectivity index (χ3v) is 1.64. The predicted molar refractivity (Wildman–Crippen MR) is 57.9 cm³/mol. The van der Waals surface area contributed by atoms with Crippen molar-refractivity contribution in [2.75, 3.05) is 18.1 Å². The molecule has 0 amide bonds. The summed E-state index contributed by atoms with van der Waals surface area (Å²) in [4.78, 5) is 0. The third-order valence-electron chi connectivity index (χ3n) is 1.56. The summed E-state index contributed by atoms with van der Waals surface area (Å²) >= 11 is 4.54. The number of rotatable bonds is 4. The number of hydrogen-bond donors (Lipinski definition) is 1. The van der Waals surface area contributed by atoms with E-state index < -0.39 is 0 Å². The second kappa shape index (κ2) is 5.43. The quantitative estimate of drug-likeness (QED) is 0.447. The van der Waals surface area contributed by atoms with Gasteiger partial charge in [0, 0.05) is 6.54 Å². The second-order valence-electron chi connectivity index (χ2n) is 2.44. The van der Waals surface area contributed by atoms with Gasteiger partial charge in [0.05, 0.1) is 17.4 Å². The van der Waals surface area contributed by atoms with Crippen LogP contribution in [-0.2, 0) is 0 Å². The van der Waals surface area contributed by atoms with Crippen molar-refractivity contribution >= 4 is 23.1 Å². The molecule has 0 aromatic heterocycles. The van der Waals surface area contributed by atoms with Crippen LogP contribution in [0.15, 0.2) is 35.4 Å². The van der Waals surface area contributed by atoms with E-state index in [2.05, 4.69) is 22.5 Å². The first-order valence-corrected chi connectivity index (χ1v) is 4.39. The van der Waals surface area contributed by atoms with Gasteiger partial charge in [-0.1, -0.05) is 18.2 Å². The lowest BCUT2D eigenvalue weighted by Gasteiger charge is -2.15. The van der Waals surface area contributed by atoms with Crippen LogP contribution in [0.3, 0.4) is 0 Å². The van der Waals surface area contributed by atoms with Crippen LogP contribution in [0, 0.1) is 0 Å². The van der Waals surface area contributed by atoms with Crippen LogP contribution in [0.5, 0.6) is 0 Å². The van der Waals surface area contributed by atoms with Crippen LogP contribution in [0.1, 0.15) is 0 Å². The standard InChI is InChI=1S/C9H11N3S/c10-6-7-12(11-8-13)9-4-2-1-3-5-9/h1-5H,6-7,10H2. The van der Waals surface area contributed by atoms with Gasteiger partial charge in [0.2, 0.25) is 0 Å². The van der Waals surface area contributed by atoms with Crippen molar-refractivity contribution in [1.82, 2.24) is 0 Å². The van der Waals surface area contributed by atoms with Crippen LogP contribution in [-0.4, -0.2) is 18.3 Å². The minimum Gasteiger partial charge on any atom is -0.329 e. The van der Waals surface area contributed by atoms with E-state index >= 15 is 0 Å². The van der Waals surface area contributed by atoms with Crippen LogP contribution in [0.4, 0.5) is 5.69 Å². The van der Waals surface area contributed by atoms with Crippen LogP contribution >= 0.6 is 12.2 Å². The fourth-order valence-corrected chi connectivity index (χ4v) is 1.11. The number of nitrogens with two attached hydrogens (primary N) is 1. The Balaban J connectivity index is 2.81. The first kappa shape index (κ1) is 9.86. The molecule has 0 saturated heterocycles. The molecule has 3 nitrogen and oxygen atoms in total. The van der Waals surface area contributed by atoms with E-state index in [0.29, 0.717) is 13.1 Å². The summed E-state index contributed by atoms with van der Waals surface area (Å²) in [5, 5.41) is 7.96. The minimum atomic E-state index is 0.537. The summed E-state index contributed by atoms with van der Waals surface area (Å²) in [6.45, 7) is 1.18. The molecular weight excluding hydrogens is 182 g/mol. The minimum absolute atomic E-state index is 0.537. The Morgan fingerprint density at radius 3 is 2.62 bits per heavy atom. The molecule has 13 heavy (non-hydrogen) atoms. The highest BCUT2D eigenvalue weighted by molar-refractivity contribution is 7.78. The Hall–Kier alpha value is -1.22. The predicted octanol–water partition coefficient (Wildman–Crippen LogP) is 1.47. The molecule has 0 unspecified atom stereocenters. The molecule has 1 aromatic carbocycles. The normalized spacial score (nSPS) is 9.00. The first-order chi connectivity index (χ1) is 6.38. The average Bonchev–Trinajstić information content (AvgIpc) is 2.19. The Kier molecular flexibility index (Phi) is 4.12. The molecule has 0 radical (unpaired) electrons. The monoisotopic (exact) mass is 193 g/mol. The van der Waals surface area contributed by atoms with Crippen molar-refractivity contribution in [3.05, 3.63) is 30.3 Å². The van der Waals surface area contributed by atoms with E-state index in [1.54, 1.807) is 5.01 Å². The maximum atomic E-state index is 5.43. The van der Waals surface area contributed by atoms with E-state index in [0.717, 1.165) is 5.69 Å². The zero-order valence-electron chi connectivity index (χ0n) is 7.18. The van der Waals surface area contributed by atoms with Crippen molar-refractivity contribution in [3.63, 3.8) is 0 Å². The van der Waals surface area contributed by atoms with Crippen molar-refractivity contribution in [3.8, 4) is 0 Å². The van der Waals surface area contributed by atoms with E-state index in [1.807, 2.05) is 30.3 Å². The number of benzene rings is 1. The maximum Gasteiger partial charge on any atom is 0.0850 e.